The molecular weight excluding hydrogens is 444 g/mol. The van der Waals surface area contributed by atoms with Gasteiger partial charge < -0.3 is 14.4 Å². The summed E-state index contributed by atoms with van der Waals surface area (Å²) in [7, 11) is 4.57. The maximum atomic E-state index is 5.16. The van der Waals surface area contributed by atoms with Gasteiger partial charge in [-0.2, -0.15) is 0 Å². The summed E-state index contributed by atoms with van der Waals surface area (Å²) in [6.07, 6.45) is 10.9. The van der Waals surface area contributed by atoms with Gasteiger partial charge in [0.1, 0.15) is 5.82 Å². The van der Waals surface area contributed by atoms with E-state index in [1.54, 1.807) is 0 Å². The molecule has 4 heterocycles. The Morgan fingerprint density at radius 2 is 1.86 bits per heavy atom. The molecule has 6 heteroatoms. The lowest BCUT2D eigenvalue weighted by atomic mass is 9.91. The standard InChI is InChI=1S/C30H42N6/c1-33-17-8-12-25(33)21-35-18-7-9-23(19-35)20-36-27-14-4-3-13-26(27)32-29(36)22-34(2)28-15-5-10-24-11-6-16-31-30(24)28/h3-4,6,11,13-14,16,23,25,28H,5,7-10,12,15,17-22H2,1-2H3/t23-,25-,28?/m0/s1. The Kier molecular flexibility index (Phi) is 7.09. The van der Waals surface area contributed by atoms with Gasteiger partial charge in [-0.25, -0.2) is 4.98 Å². The first-order valence-electron chi connectivity index (χ1n) is 14.2. The SMILES string of the molecule is CN(Cc1nc2ccccc2n1C[C@H]1CCCN(C[C@@H]2CCCN2C)C1)C1CCCc2cccnc21. The van der Waals surface area contributed by atoms with Gasteiger partial charge >= 0.3 is 0 Å². The highest BCUT2D eigenvalue weighted by Crippen LogP contribution is 2.33. The lowest BCUT2D eigenvalue weighted by Crippen LogP contribution is -2.44. The first-order chi connectivity index (χ1) is 17.7. The van der Waals surface area contributed by atoms with Crippen LogP contribution in [0.5, 0.6) is 0 Å². The summed E-state index contributed by atoms with van der Waals surface area (Å²) in [5, 5.41) is 0. The summed E-state index contributed by atoms with van der Waals surface area (Å²) in [5.74, 6) is 1.89. The van der Waals surface area contributed by atoms with Crippen LogP contribution >= 0.6 is 0 Å². The first kappa shape index (κ1) is 24.1. The molecule has 1 unspecified atom stereocenters. The van der Waals surface area contributed by atoms with Crippen LogP contribution in [-0.2, 0) is 19.5 Å². The molecule has 0 amide bonds. The molecule has 2 fully saturated rings. The summed E-state index contributed by atoms with van der Waals surface area (Å²) in [6, 6.07) is 14.2. The lowest BCUT2D eigenvalue weighted by Gasteiger charge is -2.36. The quantitative estimate of drug-likeness (QED) is 0.482. The van der Waals surface area contributed by atoms with Gasteiger partial charge in [-0.05, 0) is 102 Å². The van der Waals surface area contributed by atoms with Crippen molar-refractivity contribution in [3.05, 3.63) is 59.7 Å². The van der Waals surface area contributed by atoms with Gasteiger partial charge in [0.25, 0.3) is 0 Å². The Labute approximate surface area is 216 Å². The molecule has 3 aromatic rings. The average Bonchev–Trinajstić information content (AvgIpc) is 3.46. The van der Waals surface area contributed by atoms with E-state index >= 15 is 0 Å². The predicted molar refractivity (Wildman–Crippen MR) is 146 cm³/mol. The minimum Gasteiger partial charge on any atom is -0.327 e. The first-order valence-corrected chi connectivity index (χ1v) is 14.2. The number of likely N-dealkylation sites (N-methyl/N-ethyl adjacent to an activating group) is 1. The van der Waals surface area contributed by atoms with Crippen molar-refractivity contribution >= 4 is 11.0 Å². The van der Waals surface area contributed by atoms with Gasteiger partial charge in [-0.3, -0.25) is 9.88 Å². The van der Waals surface area contributed by atoms with Gasteiger partial charge in [0, 0.05) is 31.9 Å². The molecule has 1 aromatic carbocycles. The monoisotopic (exact) mass is 486 g/mol. The molecule has 2 aliphatic heterocycles. The van der Waals surface area contributed by atoms with Crippen molar-refractivity contribution in [1.29, 1.82) is 0 Å². The van der Waals surface area contributed by atoms with Gasteiger partial charge in [-0.1, -0.05) is 18.2 Å². The fourth-order valence-corrected chi connectivity index (χ4v) is 7.03. The highest BCUT2D eigenvalue weighted by Gasteiger charge is 2.29. The predicted octanol–water partition coefficient (Wildman–Crippen LogP) is 4.75. The molecule has 2 saturated heterocycles. The van der Waals surface area contributed by atoms with Crippen LogP contribution in [0.25, 0.3) is 11.0 Å². The number of pyridine rings is 1. The van der Waals surface area contributed by atoms with Crippen molar-refractivity contribution in [3.8, 4) is 0 Å². The van der Waals surface area contributed by atoms with Crippen molar-refractivity contribution in [2.45, 2.75) is 70.1 Å². The van der Waals surface area contributed by atoms with E-state index in [0.29, 0.717) is 12.0 Å². The van der Waals surface area contributed by atoms with Crippen LogP contribution in [0.15, 0.2) is 42.6 Å². The number of hydrogen-bond donors (Lipinski definition) is 0. The Bertz CT molecular complexity index is 1170. The summed E-state index contributed by atoms with van der Waals surface area (Å²) < 4.78 is 2.55. The van der Waals surface area contributed by atoms with Gasteiger partial charge in [0.05, 0.1) is 29.3 Å². The number of rotatable bonds is 7. The van der Waals surface area contributed by atoms with Crippen LogP contribution in [-0.4, -0.2) is 75.6 Å². The van der Waals surface area contributed by atoms with Crippen LogP contribution < -0.4 is 0 Å². The van der Waals surface area contributed by atoms with Crippen molar-refractivity contribution in [2.75, 3.05) is 40.3 Å². The topological polar surface area (TPSA) is 40.4 Å². The van der Waals surface area contributed by atoms with Crippen molar-refractivity contribution in [1.82, 2.24) is 29.2 Å². The van der Waals surface area contributed by atoms with E-state index in [2.05, 4.69) is 69.8 Å². The second kappa shape index (κ2) is 10.6. The zero-order valence-corrected chi connectivity index (χ0v) is 22.1. The van der Waals surface area contributed by atoms with Crippen LogP contribution in [0.3, 0.4) is 0 Å². The molecule has 6 rings (SSSR count). The number of benzene rings is 1. The highest BCUT2D eigenvalue weighted by molar-refractivity contribution is 5.75. The van der Waals surface area contributed by atoms with Gasteiger partial charge in [0.2, 0.25) is 0 Å². The number of likely N-dealkylation sites (tertiary alicyclic amines) is 2. The van der Waals surface area contributed by atoms with E-state index in [9.17, 15) is 0 Å². The summed E-state index contributed by atoms with van der Waals surface area (Å²) in [6.45, 7) is 6.91. The van der Waals surface area contributed by atoms with E-state index in [1.807, 2.05) is 6.20 Å². The molecular formula is C30H42N6. The number of fused-ring (bicyclic) bond motifs is 2. The van der Waals surface area contributed by atoms with E-state index in [1.165, 1.54) is 87.3 Å². The van der Waals surface area contributed by atoms with E-state index in [0.717, 1.165) is 31.1 Å². The second-order valence-electron chi connectivity index (χ2n) is 11.5. The molecule has 0 bridgehead atoms. The highest BCUT2D eigenvalue weighted by atomic mass is 15.2. The molecule has 3 aliphatic rings. The second-order valence-corrected chi connectivity index (χ2v) is 11.5. The summed E-state index contributed by atoms with van der Waals surface area (Å²) >= 11 is 0. The molecule has 6 nitrogen and oxygen atoms in total. The zero-order valence-electron chi connectivity index (χ0n) is 22.1. The molecule has 0 radical (unpaired) electrons. The summed E-state index contributed by atoms with van der Waals surface area (Å²) in [4.78, 5) is 17.8. The van der Waals surface area contributed by atoms with Crippen molar-refractivity contribution < 1.29 is 0 Å². The molecule has 192 valence electrons. The van der Waals surface area contributed by atoms with Crippen LogP contribution in [0.1, 0.15) is 61.6 Å². The van der Waals surface area contributed by atoms with Crippen LogP contribution in [0, 0.1) is 5.92 Å². The Balaban J connectivity index is 1.20. The zero-order chi connectivity index (χ0) is 24.5. The van der Waals surface area contributed by atoms with E-state index < -0.39 is 0 Å². The molecule has 3 atom stereocenters. The molecule has 0 spiro atoms. The number of aromatic nitrogens is 3. The van der Waals surface area contributed by atoms with Crippen molar-refractivity contribution in [2.24, 2.45) is 5.92 Å². The lowest BCUT2D eigenvalue weighted by molar-refractivity contribution is 0.127. The molecule has 36 heavy (non-hydrogen) atoms. The van der Waals surface area contributed by atoms with Crippen LogP contribution in [0.4, 0.5) is 0 Å². The average molecular weight is 487 g/mol. The third-order valence-corrected chi connectivity index (χ3v) is 9.01. The number of aryl methyl sites for hydroxylation is 1. The fraction of sp³-hybridized carbons (Fsp3) is 0.600. The number of nitrogens with zero attached hydrogens (tertiary/aromatic N) is 6. The smallest absolute Gasteiger partial charge is 0.124 e. The third-order valence-electron chi connectivity index (χ3n) is 9.01. The molecule has 0 saturated carbocycles. The molecule has 1 aliphatic carbocycles. The largest absolute Gasteiger partial charge is 0.327 e. The van der Waals surface area contributed by atoms with Crippen LogP contribution in [0.2, 0.25) is 0 Å². The minimum atomic E-state index is 0.372. The number of para-hydroxylation sites is 2. The fourth-order valence-electron chi connectivity index (χ4n) is 7.03. The number of piperidine rings is 1. The van der Waals surface area contributed by atoms with Gasteiger partial charge in [-0.15, -0.1) is 0 Å². The molecule has 2 aromatic heterocycles. The van der Waals surface area contributed by atoms with E-state index in [4.69, 9.17) is 9.97 Å². The number of imidazole rings is 1. The van der Waals surface area contributed by atoms with Crippen molar-refractivity contribution in [3.63, 3.8) is 0 Å². The number of hydrogen-bond acceptors (Lipinski definition) is 5. The molecule has 0 N–H and O–H groups in total. The Hall–Kier alpha value is -2.28. The normalized spacial score (nSPS) is 25.6. The third kappa shape index (κ3) is 4.96. The summed E-state index contributed by atoms with van der Waals surface area (Å²) in [5.41, 5.74) is 5.11. The minimum absolute atomic E-state index is 0.372. The maximum Gasteiger partial charge on any atom is 0.124 e. The Morgan fingerprint density at radius 3 is 2.75 bits per heavy atom. The Morgan fingerprint density at radius 1 is 0.972 bits per heavy atom. The van der Waals surface area contributed by atoms with Gasteiger partial charge in [0.15, 0.2) is 0 Å². The maximum absolute atomic E-state index is 5.16. The van der Waals surface area contributed by atoms with E-state index in [-0.39, 0.29) is 0 Å².